The molecule has 0 aliphatic carbocycles. The molecule has 0 unspecified atom stereocenters. The summed E-state index contributed by atoms with van der Waals surface area (Å²) >= 11 is 0. The van der Waals surface area contributed by atoms with Crippen LogP contribution in [0.4, 0.5) is 0 Å². The smallest absolute Gasteiger partial charge is 0.216 e. The van der Waals surface area contributed by atoms with E-state index in [1.807, 2.05) is 36.4 Å². The van der Waals surface area contributed by atoms with Gasteiger partial charge in [0.05, 0.1) is 25.6 Å². The Bertz CT molecular complexity index is 1160. The number of ether oxygens (including phenoxy) is 2. The van der Waals surface area contributed by atoms with Crippen LogP contribution < -0.4 is 14.8 Å². The molecule has 0 aliphatic heterocycles. The molecule has 2 aromatic carbocycles. The van der Waals surface area contributed by atoms with Gasteiger partial charge in [-0.15, -0.1) is 0 Å². The summed E-state index contributed by atoms with van der Waals surface area (Å²) in [6, 6.07) is 14.1. The molecule has 2 aromatic heterocycles. The van der Waals surface area contributed by atoms with E-state index >= 15 is 0 Å². The first-order valence-corrected chi connectivity index (χ1v) is 9.19. The van der Waals surface area contributed by atoms with Gasteiger partial charge in [-0.25, -0.2) is 0 Å². The fraction of sp³-hybridized carbons (Fsp3) is 0.227. The number of benzene rings is 2. The average Bonchev–Trinajstić information content (AvgIpc) is 3.27. The maximum absolute atomic E-state index is 11.3. The Hall–Kier alpha value is -3.41. The van der Waals surface area contributed by atoms with Crippen molar-refractivity contribution in [2.75, 3.05) is 20.8 Å². The average molecular weight is 377 g/mol. The van der Waals surface area contributed by atoms with Gasteiger partial charge in [0.1, 0.15) is 11.5 Å². The van der Waals surface area contributed by atoms with E-state index in [9.17, 15) is 4.79 Å². The highest BCUT2D eigenvalue weighted by molar-refractivity contribution is 5.94. The zero-order valence-corrected chi connectivity index (χ0v) is 16.2. The Labute approximate surface area is 162 Å². The number of amides is 1. The van der Waals surface area contributed by atoms with Crippen molar-refractivity contribution >= 4 is 27.7 Å². The van der Waals surface area contributed by atoms with Gasteiger partial charge in [-0.05, 0) is 54.4 Å². The zero-order chi connectivity index (χ0) is 19.7. The Morgan fingerprint density at radius 1 is 0.964 bits per heavy atom. The quantitative estimate of drug-likeness (QED) is 0.475. The van der Waals surface area contributed by atoms with Gasteiger partial charge in [0.2, 0.25) is 5.91 Å². The van der Waals surface area contributed by atoms with E-state index in [0.29, 0.717) is 13.0 Å². The van der Waals surface area contributed by atoms with Gasteiger partial charge in [-0.3, -0.25) is 4.79 Å². The monoisotopic (exact) mass is 377 g/mol. The van der Waals surface area contributed by atoms with E-state index < -0.39 is 0 Å². The minimum Gasteiger partial charge on any atom is -0.497 e. The molecule has 6 heteroatoms. The predicted molar refractivity (Wildman–Crippen MR) is 111 cm³/mol. The summed E-state index contributed by atoms with van der Waals surface area (Å²) in [7, 11) is 3.33. The van der Waals surface area contributed by atoms with Gasteiger partial charge in [-0.1, -0.05) is 0 Å². The van der Waals surface area contributed by atoms with E-state index in [4.69, 9.17) is 9.47 Å². The molecular weight excluding hydrogens is 354 g/mol. The lowest BCUT2D eigenvalue weighted by Gasteiger charge is -2.05. The molecule has 0 fully saturated rings. The van der Waals surface area contributed by atoms with Crippen LogP contribution in [0.2, 0.25) is 0 Å². The number of nitrogens with one attached hydrogen (secondary N) is 3. The zero-order valence-electron chi connectivity index (χ0n) is 16.2. The van der Waals surface area contributed by atoms with Crippen molar-refractivity contribution in [1.82, 2.24) is 15.3 Å². The number of hydrogen-bond donors (Lipinski definition) is 3. The molecule has 144 valence electrons. The largest absolute Gasteiger partial charge is 0.497 e. The summed E-state index contributed by atoms with van der Waals surface area (Å²) < 4.78 is 10.7. The van der Waals surface area contributed by atoms with Crippen molar-refractivity contribution in [2.45, 2.75) is 13.3 Å². The summed E-state index contributed by atoms with van der Waals surface area (Å²) in [6.45, 7) is 2.10. The standard InChI is InChI=1S/C22H23N3O3/c1-13(26)23-9-8-17-18-12-16(28-3)5-7-20(18)25-22(17)21-11-14-10-15(27-2)4-6-19(14)24-21/h4-7,10-12,24-25H,8-9H2,1-3H3,(H,23,26). The highest BCUT2D eigenvalue weighted by Crippen LogP contribution is 2.34. The molecule has 4 rings (SSSR count). The lowest BCUT2D eigenvalue weighted by atomic mass is 10.1. The third-order valence-corrected chi connectivity index (χ3v) is 4.96. The molecule has 0 radical (unpaired) electrons. The van der Waals surface area contributed by atoms with E-state index in [1.165, 1.54) is 6.92 Å². The van der Waals surface area contributed by atoms with Crippen LogP contribution in [0.5, 0.6) is 11.5 Å². The number of fused-ring (bicyclic) bond motifs is 2. The minimum atomic E-state index is -0.0309. The fourth-order valence-electron chi connectivity index (χ4n) is 3.58. The van der Waals surface area contributed by atoms with E-state index in [1.54, 1.807) is 14.2 Å². The van der Waals surface area contributed by atoms with Gasteiger partial charge in [0, 0.05) is 35.3 Å². The lowest BCUT2D eigenvalue weighted by molar-refractivity contribution is -0.118. The van der Waals surface area contributed by atoms with Crippen LogP contribution >= 0.6 is 0 Å². The van der Waals surface area contributed by atoms with Crippen LogP contribution in [0.1, 0.15) is 12.5 Å². The van der Waals surface area contributed by atoms with Crippen molar-refractivity contribution in [3.8, 4) is 22.9 Å². The number of aromatic amines is 2. The number of hydrogen-bond acceptors (Lipinski definition) is 3. The van der Waals surface area contributed by atoms with E-state index in [-0.39, 0.29) is 5.91 Å². The molecule has 1 amide bonds. The number of carbonyl (C=O) groups excluding carboxylic acids is 1. The van der Waals surface area contributed by atoms with Crippen LogP contribution in [-0.2, 0) is 11.2 Å². The van der Waals surface area contributed by atoms with E-state index in [2.05, 4.69) is 21.4 Å². The normalized spacial score (nSPS) is 11.1. The second kappa shape index (κ2) is 7.31. The molecule has 3 N–H and O–H groups in total. The van der Waals surface area contributed by atoms with E-state index in [0.717, 1.165) is 50.3 Å². The van der Waals surface area contributed by atoms with Gasteiger partial charge in [0.15, 0.2) is 0 Å². The van der Waals surface area contributed by atoms with Crippen LogP contribution in [0.15, 0.2) is 42.5 Å². The Morgan fingerprint density at radius 2 is 1.68 bits per heavy atom. The number of carbonyl (C=O) groups is 1. The third-order valence-electron chi connectivity index (χ3n) is 4.96. The summed E-state index contributed by atoms with van der Waals surface area (Å²) in [5.41, 5.74) is 5.23. The molecule has 2 heterocycles. The van der Waals surface area contributed by atoms with Gasteiger partial charge < -0.3 is 24.8 Å². The van der Waals surface area contributed by atoms with Crippen LogP contribution in [-0.4, -0.2) is 36.6 Å². The maximum Gasteiger partial charge on any atom is 0.216 e. The number of methoxy groups -OCH3 is 2. The van der Waals surface area contributed by atoms with Crippen molar-refractivity contribution in [1.29, 1.82) is 0 Å². The summed E-state index contributed by atoms with van der Waals surface area (Å²) in [5.74, 6) is 1.60. The summed E-state index contributed by atoms with van der Waals surface area (Å²) in [6.07, 6.45) is 0.709. The Morgan fingerprint density at radius 3 is 2.39 bits per heavy atom. The number of rotatable bonds is 6. The first kappa shape index (κ1) is 18.0. The minimum absolute atomic E-state index is 0.0309. The maximum atomic E-state index is 11.3. The molecule has 6 nitrogen and oxygen atoms in total. The first-order valence-electron chi connectivity index (χ1n) is 9.19. The molecular formula is C22H23N3O3. The third kappa shape index (κ3) is 3.29. The molecule has 0 saturated heterocycles. The van der Waals surface area contributed by atoms with Crippen molar-refractivity contribution < 1.29 is 14.3 Å². The summed E-state index contributed by atoms with van der Waals surface area (Å²) in [4.78, 5) is 18.3. The van der Waals surface area contributed by atoms with Gasteiger partial charge in [0.25, 0.3) is 0 Å². The highest BCUT2D eigenvalue weighted by Gasteiger charge is 2.16. The number of H-pyrrole nitrogens is 2. The highest BCUT2D eigenvalue weighted by atomic mass is 16.5. The van der Waals surface area contributed by atoms with Crippen molar-refractivity contribution in [3.63, 3.8) is 0 Å². The second-order valence-electron chi connectivity index (χ2n) is 6.76. The molecule has 28 heavy (non-hydrogen) atoms. The SMILES string of the molecule is COc1ccc2[nH]c(-c3[nH]c4ccc(OC)cc4c3CCNC(C)=O)cc2c1. The summed E-state index contributed by atoms with van der Waals surface area (Å²) in [5, 5.41) is 5.06. The first-order chi connectivity index (χ1) is 13.6. The van der Waals surface area contributed by atoms with Crippen molar-refractivity contribution in [3.05, 3.63) is 48.0 Å². The number of aromatic nitrogens is 2. The Kier molecular flexibility index (Phi) is 4.69. The molecule has 4 aromatic rings. The van der Waals surface area contributed by atoms with Gasteiger partial charge >= 0.3 is 0 Å². The van der Waals surface area contributed by atoms with Gasteiger partial charge in [-0.2, -0.15) is 0 Å². The Balaban J connectivity index is 1.83. The molecule has 0 atom stereocenters. The molecule has 0 aliphatic rings. The second-order valence-corrected chi connectivity index (χ2v) is 6.76. The molecule has 0 bridgehead atoms. The molecule has 0 saturated carbocycles. The molecule has 0 spiro atoms. The van der Waals surface area contributed by atoms with Crippen molar-refractivity contribution in [2.24, 2.45) is 0 Å². The van der Waals surface area contributed by atoms with Crippen LogP contribution in [0.25, 0.3) is 33.2 Å². The predicted octanol–water partition coefficient (Wildman–Crippen LogP) is 4.01. The topological polar surface area (TPSA) is 79.1 Å². The lowest BCUT2D eigenvalue weighted by Crippen LogP contribution is -2.22. The fourth-order valence-corrected chi connectivity index (χ4v) is 3.58. The van der Waals surface area contributed by atoms with Crippen LogP contribution in [0, 0.1) is 0 Å². The van der Waals surface area contributed by atoms with Crippen LogP contribution in [0.3, 0.4) is 0 Å².